The van der Waals surface area contributed by atoms with Crippen LogP contribution in [0.2, 0.25) is 0 Å². The number of carbonyl (C=O) groups excluding carboxylic acids is 1. The predicted molar refractivity (Wildman–Crippen MR) is 48.6 cm³/mol. The summed E-state index contributed by atoms with van der Waals surface area (Å²) >= 11 is 0. The van der Waals surface area contributed by atoms with E-state index in [4.69, 9.17) is 4.74 Å². The second-order valence-electron chi connectivity index (χ2n) is 3.06. The summed E-state index contributed by atoms with van der Waals surface area (Å²) in [7, 11) is 0. The fourth-order valence-corrected chi connectivity index (χ4v) is 0.932. The molecule has 0 saturated carbocycles. The van der Waals surface area contributed by atoms with E-state index in [9.17, 15) is 4.79 Å². The minimum Gasteiger partial charge on any atom is -0.460 e. The SMILES string of the molecule is CCOC(=O)c1ncc(C(C)C)[nH]1. The summed E-state index contributed by atoms with van der Waals surface area (Å²) in [4.78, 5) is 18.0. The number of nitrogens with zero attached hydrogens (tertiary/aromatic N) is 1. The number of imidazole rings is 1. The molecule has 0 saturated heterocycles. The fraction of sp³-hybridized carbons (Fsp3) is 0.556. The van der Waals surface area contributed by atoms with Gasteiger partial charge in [0.05, 0.1) is 6.61 Å². The van der Waals surface area contributed by atoms with Crippen LogP contribution in [0.3, 0.4) is 0 Å². The summed E-state index contributed by atoms with van der Waals surface area (Å²) in [5, 5.41) is 0. The van der Waals surface area contributed by atoms with Crippen LogP contribution in [0.1, 0.15) is 43.0 Å². The van der Waals surface area contributed by atoms with Gasteiger partial charge in [-0.2, -0.15) is 0 Å². The molecule has 0 aliphatic carbocycles. The number of aromatic amines is 1. The summed E-state index contributed by atoms with van der Waals surface area (Å²) in [5.41, 5.74) is 0.947. The molecule has 0 bridgehead atoms. The monoisotopic (exact) mass is 182 g/mol. The lowest BCUT2D eigenvalue weighted by Crippen LogP contribution is -2.06. The molecule has 4 nitrogen and oxygen atoms in total. The van der Waals surface area contributed by atoms with Crippen molar-refractivity contribution >= 4 is 5.97 Å². The van der Waals surface area contributed by atoms with E-state index in [1.54, 1.807) is 13.1 Å². The fourth-order valence-electron chi connectivity index (χ4n) is 0.932. The van der Waals surface area contributed by atoms with Gasteiger partial charge in [-0.3, -0.25) is 0 Å². The Morgan fingerprint density at radius 2 is 2.38 bits per heavy atom. The molecule has 0 radical (unpaired) electrons. The van der Waals surface area contributed by atoms with Crippen molar-refractivity contribution in [2.45, 2.75) is 26.7 Å². The first-order chi connectivity index (χ1) is 6.15. The molecule has 0 aliphatic rings. The van der Waals surface area contributed by atoms with Gasteiger partial charge < -0.3 is 9.72 Å². The lowest BCUT2D eigenvalue weighted by molar-refractivity contribution is 0.0513. The number of hydrogen-bond donors (Lipinski definition) is 1. The van der Waals surface area contributed by atoms with Crippen LogP contribution in [-0.4, -0.2) is 22.5 Å². The van der Waals surface area contributed by atoms with Crippen molar-refractivity contribution in [2.24, 2.45) is 0 Å². The minimum absolute atomic E-state index is 0.283. The lowest BCUT2D eigenvalue weighted by atomic mass is 10.2. The number of esters is 1. The molecule has 0 atom stereocenters. The molecule has 1 rings (SSSR count). The van der Waals surface area contributed by atoms with E-state index in [1.807, 2.05) is 13.8 Å². The van der Waals surface area contributed by atoms with E-state index < -0.39 is 5.97 Å². The highest BCUT2D eigenvalue weighted by Crippen LogP contribution is 2.10. The first-order valence-corrected chi connectivity index (χ1v) is 4.37. The van der Waals surface area contributed by atoms with Crippen LogP contribution in [0.15, 0.2) is 6.20 Å². The smallest absolute Gasteiger partial charge is 0.374 e. The van der Waals surface area contributed by atoms with Crippen molar-refractivity contribution < 1.29 is 9.53 Å². The Morgan fingerprint density at radius 3 is 2.85 bits per heavy atom. The number of carbonyl (C=O) groups is 1. The van der Waals surface area contributed by atoms with Gasteiger partial charge in [-0.05, 0) is 12.8 Å². The average molecular weight is 182 g/mol. The second-order valence-corrected chi connectivity index (χ2v) is 3.06. The van der Waals surface area contributed by atoms with E-state index in [1.165, 1.54) is 0 Å². The van der Waals surface area contributed by atoms with E-state index in [2.05, 4.69) is 9.97 Å². The molecule has 1 aromatic rings. The van der Waals surface area contributed by atoms with Crippen molar-refractivity contribution in [1.29, 1.82) is 0 Å². The molecule has 0 spiro atoms. The summed E-state index contributed by atoms with van der Waals surface area (Å²) in [6.07, 6.45) is 1.66. The maximum atomic E-state index is 11.2. The molecule has 0 fully saturated rings. The van der Waals surface area contributed by atoms with Crippen molar-refractivity contribution in [2.75, 3.05) is 6.61 Å². The normalized spacial score (nSPS) is 10.5. The maximum Gasteiger partial charge on any atom is 0.374 e. The van der Waals surface area contributed by atoms with Crippen LogP contribution < -0.4 is 0 Å². The largest absolute Gasteiger partial charge is 0.460 e. The molecule has 1 aromatic heterocycles. The van der Waals surface area contributed by atoms with Gasteiger partial charge in [0.25, 0.3) is 0 Å². The molecule has 0 amide bonds. The number of rotatable bonds is 3. The standard InChI is InChI=1S/C9H14N2O2/c1-4-13-9(12)8-10-5-7(11-8)6(2)3/h5-6H,4H2,1-3H3,(H,10,11). The van der Waals surface area contributed by atoms with Gasteiger partial charge in [-0.15, -0.1) is 0 Å². The average Bonchev–Trinajstić information content (AvgIpc) is 2.52. The van der Waals surface area contributed by atoms with Crippen LogP contribution in [-0.2, 0) is 4.74 Å². The third-order valence-electron chi connectivity index (χ3n) is 1.69. The van der Waals surface area contributed by atoms with Gasteiger partial charge in [0, 0.05) is 11.9 Å². The molecular formula is C9H14N2O2. The van der Waals surface area contributed by atoms with E-state index in [0.29, 0.717) is 12.5 Å². The zero-order valence-electron chi connectivity index (χ0n) is 8.13. The Morgan fingerprint density at radius 1 is 1.69 bits per heavy atom. The highest BCUT2D eigenvalue weighted by atomic mass is 16.5. The highest BCUT2D eigenvalue weighted by molar-refractivity contribution is 5.85. The van der Waals surface area contributed by atoms with Gasteiger partial charge >= 0.3 is 5.97 Å². The molecule has 0 aliphatic heterocycles. The summed E-state index contributed by atoms with van der Waals surface area (Å²) in [6, 6.07) is 0. The van der Waals surface area contributed by atoms with Gasteiger partial charge in [-0.1, -0.05) is 13.8 Å². The van der Waals surface area contributed by atoms with Gasteiger partial charge in [-0.25, -0.2) is 9.78 Å². The van der Waals surface area contributed by atoms with Crippen LogP contribution in [0, 0.1) is 0 Å². The Balaban J connectivity index is 2.73. The van der Waals surface area contributed by atoms with Crippen molar-refractivity contribution in [3.8, 4) is 0 Å². The summed E-state index contributed by atoms with van der Waals surface area (Å²) in [6.45, 7) is 6.20. The van der Waals surface area contributed by atoms with Crippen molar-refractivity contribution in [1.82, 2.24) is 9.97 Å². The zero-order chi connectivity index (χ0) is 9.84. The Hall–Kier alpha value is -1.32. The Bertz CT molecular complexity index is 292. The Kier molecular flexibility index (Phi) is 3.06. The quantitative estimate of drug-likeness (QED) is 0.724. The van der Waals surface area contributed by atoms with Crippen LogP contribution in [0.4, 0.5) is 0 Å². The summed E-state index contributed by atoms with van der Waals surface area (Å²) in [5.74, 6) is 0.232. The molecule has 1 N–H and O–H groups in total. The number of hydrogen-bond acceptors (Lipinski definition) is 3. The van der Waals surface area contributed by atoms with E-state index in [0.717, 1.165) is 5.69 Å². The number of ether oxygens (including phenoxy) is 1. The first-order valence-electron chi connectivity index (χ1n) is 4.37. The highest BCUT2D eigenvalue weighted by Gasteiger charge is 2.11. The third-order valence-corrected chi connectivity index (χ3v) is 1.69. The second kappa shape index (κ2) is 4.07. The maximum absolute atomic E-state index is 11.2. The molecule has 0 unspecified atom stereocenters. The predicted octanol–water partition coefficient (Wildman–Crippen LogP) is 1.71. The molecule has 4 heteroatoms. The molecule has 72 valence electrons. The minimum atomic E-state index is -0.394. The van der Waals surface area contributed by atoms with Crippen LogP contribution in [0.5, 0.6) is 0 Å². The van der Waals surface area contributed by atoms with Gasteiger partial charge in [0.2, 0.25) is 5.82 Å². The van der Waals surface area contributed by atoms with Gasteiger partial charge in [0.1, 0.15) is 0 Å². The molecule has 1 heterocycles. The Labute approximate surface area is 77.3 Å². The summed E-state index contributed by atoms with van der Waals surface area (Å²) < 4.78 is 4.79. The van der Waals surface area contributed by atoms with E-state index in [-0.39, 0.29) is 5.82 Å². The topological polar surface area (TPSA) is 55.0 Å². The lowest BCUT2D eigenvalue weighted by Gasteiger charge is -1.99. The third kappa shape index (κ3) is 2.31. The molecular weight excluding hydrogens is 168 g/mol. The van der Waals surface area contributed by atoms with Crippen molar-refractivity contribution in [3.05, 3.63) is 17.7 Å². The number of nitrogens with one attached hydrogen (secondary N) is 1. The van der Waals surface area contributed by atoms with E-state index >= 15 is 0 Å². The molecule has 13 heavy (non-hydrogen) atoms. The number of aromatic nitrogens is 2. The first kappa shape index (κ1) is 9.77. The molecule has 0 aromatic carbocycles. The number of H-pyrrole nitrogens is 1. The van der Waals surface area contributed by atoms with Crippen LogP contribution >= 0.6 is 0 Å². The zero-order valence-corrected chi connectivity index (χ0v) is 8.13. The van der Waals surface area contributed by atoms with Crippen LogP contribution in [0.25, 0.3) is 0 Å². The van der Waals surface area contributed by atoms with Gasteiger partial charge in [0.15, 0.2) is 0 Å². The van der Waals surface area contributed by atoms with Crippen molar-refractivity contribution in [3.63, 3.8) is 0 Å².